The molecule has 4 aromatic rings. The highest BCUT2D eigenvalue weighted by molar-refractivity contribution is 5.95. The van der Waals surface area contributed by atoms with Gasteiger partial charge < -0.3 is 47.7 Å². The predicted molar refractivity (Wildman–Crippen MR) is 175 cm³/mol. The molecule has 0 spiro atoms. The standard InChI is InChI=1S/C34H38N6O8/c35-25(17-21-18-37-26-4-2-1-3-24(21)26)31(44)38-27(13-14-30(36)43)32(45)39-28(15-19-5-9-22(41)10-6-19)33(46)40-29(34(47)48)16-20-7-11-23(42)12-8-20/h1-12,18,25,27-29,37,41-42H,13-17,35H2,(H2,36,43)(H,38,44)(H,39,45)(H,40,46)(H,47,48). The minimum absolute atomic E-state index is 0.0109. The van der Waals surface area contributed by atoms with Crippen LogP contribution in [-0.4, -0.2) is 74.1 Å². The van der Waals surface area contributed by atoms with Crippen LogP contribution in [-0.2, 0) is 43.2 Å². The van der Waals surface area contributed by atoms with E-state index in [4.69, 9.17) is 11.5 Å². The Labute approximate surface area is 275 Å². The number of rotatable bonds is 16. The number of phenolic OH excluding ortho intramolecular Hbond substituents is 2. The minimum atomic E-state index is -1.39. The van der Waals surface area contributed by atoms with Crippen LogP contribution in [0.5, 0.6) is 11.5 Å². The fourth-order valence-corrected chi connectivity index (χ4v) is 5.15. The Hall–Kier alpha value is -5.89. The van der Waals surface area contributed by atoms with Crippen molar-refractivity contribution in [2.24, 2.45) is 11.5 Å². The number of aromatic hydroxyl groups is 2. The van der Waals surface area contributed by atoms with E-state index in [1.807, 2.05) is 24.3 Å². The van der Waals surface area contributed by atoms with Gasteiger partial charge in [0.1, 0.15) is 29.6 Å². The highest BCUT2D eigenvalue weighted by atomic mass is 16.4. The zero-order valence-corrected chi connectivity index (χ0v) is 25.9. The molecule has 0 bridgehead atoms. The van der Waals surface area contributed by atoms with Crippen molar-refractivity contribution in [1.82, 2.24) is 20.9 Å². The quantitative estimate of drug-likeness (QED) is 0.0822. The van der Waals surface area contributed by atoms with Gasteiger partial charge in [-0.3, -0.25) is 19.2 Å². The van der Waals surface area contributed by atoms with Crippen molar-refractivity contribution in [3.63, 3.8) is 0 Å². The average molecular weight is 659 g/mol. The first-order chi connectivity index (χ1) is 22.9. The van der Waals surface area contributed by atoms with Gasteiger partial charge >= 0.3 is 5.97 Å². The fourth-order valence-electron chi connectivity index (χ4n) is 5.15. The summed E-state index contributed by atoms with van der Waals surface area (Å²) in [6, 6.07) is 14.0. The second kappa shape index (κ2) is 16.1. The van der Waals surface area contributed by atoms with E-state index in [0.717, 1.165) is 16.5 Å². The molecule has 11 N–H and O–H groups in total. The van der Waals surface area contributed by atoms with Crippen LogP contribution >= 0.6 is 0 Å². The highest BCUT2D eigenvalue weighted by Gasteiger charge is 2.31. The van der Waals surface area contributed by atoms with Gasteiger partial charge in [-0.1, -0.05) is 42.5 Å². The number of carboxylic acid groups (broad SMARTS) is 1. The van der Waals surface area contributed by atoms with Crippen LogP contribution in [0.1, 0.15) is 29.5 Å². The summed E-state index contributed by atoms with van der Waals surface area (Å²) in [5.74, 6) is -4.43. The van der Waals surface area contributed by atoms with Gasteiger partial charge in [0, 0.05) is 36.4 Å². The number of amides is 4. The molecule has 4 unspecified atom stereocenters. The molecule has 4 atom stereocenters. The number of para-hydroxylation sites is 1. The van der Waals surface area contributed by atoms with Crippen LogP contribution < -0.4 is 27.4 Å². The molecular weight excluding hydrogens is 620 g/mol. The van der Waals surface area contributed by atoms with E-state index in [-0.39, 0.29) is 43.6 Å². The normalized spacial score (nSPS) is 13.5. The van der Waals surface area contributed by atoms with Crippen molar-refractivity contribution in [2.75, 3.05) is 0 Å². The molecule has 14 nitrogen and oxygen atoms in total. The summed E-state index contributed by atoms with van der Waals surface area (Å²) in [7, 11) is 0. The van der Waals surface area contributed by atoms with Crippen LogP contribution in [0.2, 0.25) is 0 Å². The first-order valence-electron chi connectivity index (χ1n) is 15.2. The lowest BCUT2D eigenvalue weighted by molar-refractivity contribution is -0.142. The minimum Gasteiger partial charge on any atom is -0.508 e. The second-order valence-corrected chi connectivity index (χ2v) is 11.4. The summed E-state index contributed by atoms with van der Waals surface area (Å²) < 4.78 is 0. The number of H-pyrrole nitrogens is 1. The number of carbonyl (C=O) groups excluding carboxylic acids is 4. The van der Waals surface area contributed by atoms with Gasteiger partial charge in [-0.25, -0.2) is 4.79 Å². The van der Waals surface area contributed by atoms with Gasteiger partial charge in [0.15, 0.2) is 0 Å². The summed E-state index contributed by atoms with van der Waals surface area (Å²) >= 11 is 0. The molecule has 4 rings (SSSR count). The average Bonchev–Trinajstić information content (AvgIpc) is 3.46. The van der Waals surface area contributed by atoms with Crippen molar-refractivity contribution in [3.8, 4) is 11.5 Å². The molecule has 4 amide bonds. The zero-order chi connectivity index (χ0) is 34.8. The Balaban J connectivity index is 1.51. The van der Waals surface area contributed by atoms with E-state index in [0.29, 0.717) is 11.1 Å². The van der Waals surface area contributed by atoms with E-state index >= 15 is 0 Å². The van der Waals surface area contributed by atoms with E-state index in [9.17, 15) is 39.3 Å². The van der Waals surface area contributed by atoms with Gasteiger partial charge in [0.2, 0.25) is 23.6 Å². The zero-order valence-electron chi connectivity index (χ0n) is 25.9. The monoisotopic (exact) mass is 658 g/mol. The van der Waals surface area contributed by atoms with Gasteiger partial charge in [-0.15, -0.1) is 0 Å². The Kier molecular flexibility index (Phi) is 11.7. The summed E-state index contributed by atoms with van der Waals surface area (Å²) in [5, 5.41) is 37.6. The maximum Gasteiger partial charge on any atom is 0.326 e. The first kappa shape index (κ1) is 35.0. The molecule has 3 aromatic carbocycles. The number of fused-ring (bicyclic) bond motifs is 1. The van der Waals surface area contributed by atoms with Gasteiger partial charge in [0.05, 0.1) is 6.04 Å². The number of primary amides is 1. The van der Waals surface area contributed by atoms with Crippen molar-refractivity contribution in [1.29, 1.82) is 0 Å². The smallest absolute Gasteiger partial charge is 0.326 e. The van der Waals surface area contributed by atoms with Crippen LogP contribution in [0.25, 0.3) is 10.9 Å². The molecule has 252 valence electrons. The van der Waals surface area contributed by atoms with E-state index in [1.165, 1.54) is 48.5 Å². The molecule has 1 heterocycles. The number of nitrogens with one attached hydrogen (secondary N) is 4. The molecule has 0 saturated heterocycles. The lowest BCUT2D eigenvalue weighted by Crippen LogP contribution is -2.58. The van der Waals surface area contributed by atoms with Crippen molar-refractivity contribution >= 4 is 40.5 Å². The molecule has 0 radical (unpaired) electrons. The Morgan fingerprint density at radius 3 is 1.79 bits per heavy atom. The van der Waals surface area contributed by atoms with Gasteiger partial charge in [-0.2, -0.15) is 0 Å². The Morgan fingerprint density at radius 2 is 1.21 bits per heavy atom. The highest BCUT2D eigenvalue weighted by Crippen LogP contribution is 2.19. The second-order valence-electron chi connectivity index (χ2n) is 11.4. The van der Waals surface area contributed by atoms with Crippen molar-refractivity contribution in [3.05, 3.63) is 95.7 Å². The third-order valence-corrected chi connectivity index (χ3v) is 7.76. The summed E-state index contributed by atoms with van der Waals surface area (Å²) in [4.78, 5) is 67.2. The molecule has 0 aliphatic heterocycles. The Morgan fingerprint density at radius 1 is 0.688 bits per heavy atom. The predicted octanol–water partition coefficient (Wildman–Crippen LogP) is 0.739. The number of hydrogen-bond acceptors (Lipinski definition) is 8. The number of aromatic amines is 1. The topological polar surface area (TPSA) is 250 Å². The van der Waals surface area contributed by atoms with Crippen LogP contribution in [0.3, 0.4) is 0 Å². The number of nitrogens with two attached hydrogens (primary N) is 2. The number of benzene rings is 3. The number of aliphatic carboxylic acids is 1. The van der Waals surface area contributed by atoms with E-state index < -0.39 is 53.8 Å². The van der Waals surface area contributed by atoms with Crippen molar-refractivity contribution in [2.45, 2.75) is 56.3 Å². The van der Waals surface area contributed by atoms with E-state index in [2.05, 4.69) is 20.9 Å². The fraction of sp³-hybridized carbons (Fsp3) is 0.265. The third-order valence-electron chi connectivity index (χ3n) is 7.76. The molecule has 48 heavy (non-hydrogen) atoms. The molecule has 0 fully saturated rings. The first-order valence-corrected chi connectivity index (χ1v) is 15.2. The lowest BCUT2D eigenvalue weighted by Gasteiger charge is -2.25. The maximum absolute atomic E-state index is 13.6. The number of phenols is 2. The number of hydrogen-bond donors (Lipinski definition) is 9. The maximum atomic E-state index is 13.6. The number of carboxylic acids is 1. The summed E-state index contributed by atoms with van der Waals surface area (Å²) in [5.41, 5.74) is 14.3. The molecule has 0 aliphatic rings. The SMILES string of the molecule is NC(=O)CCC(NC(=O)C(N)Cc1c[nH]c2ccccc12)C(=O)NC(Cc1ccc(O)cc1)C(=O)NC(Cc1ccc(O)cc1)C(=O)O. The molecular formula is C34H38N6O8. The van der Waals surface area contributed by atoms with Crippen molar-refractivity contribution < 1.29 is 39.3 Å². The van der Waals surface area contributed by atoms with Gasteiger partial charge in [-0.05, 0) is 59.9 Å². The number of carbonyl (C=O) groups is 5. The number of aromatic nitrogens is 1. The summed E-state index contributed by atoms with van der Waals surface area (Å²) in [6.45, 7) is 0. The molecule has 0 aliphatic carbocycles. The van der Waals surface area contributed by atoms with Crippen LogP contribution in [0, 0.1) is 0 Å². The molecule has 14 heteroatoms. The van der Waals surface area contributed by atoms with Crippen LogP contribution in [0.15, 0.2) is 79.0 Å². The third kappa shape index (κ3) is 9.80. The molecule has 1 aromatic heterocycles. The lowest BCUT2D eigenvalue weighted by atomic mass is 10.0. The van der Waals surface area contributed by atoms with Gasteiger partial charge in [0.25, 0.3) is 0 Å². The largest absolute Gasteiger partial charge is 0.508 e. The Bertz CT molecular complexity index is 1760. The molecule has 0 saturated carbocycles. The summed E-state index contributed by atoms with van der Waals surface area (Å²) in [6.07, 6.45) is 1.20. The van der Waals surface area contributed by atoms with Crippen LogP contribution in [0.4, 0.5) is 0 Å². The van der Waals surface area contributed by atoms with E-state index in [1.54, 1.807) is 6.20 Å².